The summed E-state index contributed by atoms with van der Waals surface area (Å²) in [6.45, 7) is 4.20. The second kappa shape index (κ2) is 4.64. The van der Waals surface area contributed by atoms with Crippen molar-refractivity contribution in [3.8, 4) is 0 Å². The van der Waals surface area contributed by atoms with Crippen LogP contribution in [0.3, 0.4) is 0 Å². The predicted octanol–water partition coefficient (Wildman–Crippen LogP) is 4.54. The summed E-state index contributed by atoms with van der Waals surface area (Å²) in [6, 6.07) is 4.30. The van der Waals surface area contributed by atoms with Crippen LogP contribution in [0.2, 0.25) is 0 Å². The van der Waals surface area contributed by atoms with Gasteiger partial charge in [-0.2, -0.15) is 0 Å². The normalized spacial score (nSPS) is 31.9. The van der Waals surface area contributed by atoms with Gasteiger partial charge in [0.1, 0.15) is 0 Å². The average Bonchev–Trinajstić information content (AvgIpc) is 3.07. The molecule has 1 nitrogen and oxygen atoms in total. The molecule has 98 valence electrons. The number of hydrogen-bond donors (Lipinski definition) is 1. The fraction of sp³-hybridized carbons (Fsp3) is 0.625. The molecular formula is C16H21BrO. The molecule has 1 aromatic carbocycles. The fourth-order valence-electron chi connectivity index (χ4n) is 3.85. The lowest BCUT2D eigenvalue weighted by Gasteiger charge is -2.16. The second-order valence-corrected chi connectivity index (χ2v) is 6.95. The Labute approximate surface area is 118 Å². The highest BCUT2D eigenvalue weighted by atomic mass is 79.9. The first-order valence-electron chi connectivity index (χ1n) is 7.04. The number of aryl methyl sites for hydroxylation is 2. The summed E-state index contributed by atoms with van der Waals surface area (Å²) in [5.74, 6) is 2.14. The lowest BCUT2D eigenvalue weighted by molar-refractivity contribution is 0.141. The predicted molar refractivity (Wildman–Crippen MR) is 77.5 cm³/mol. The Kier molecular flexibility index (Phi) is 3.27. The van der Waals surface area contributed by atoms with Crippen molar-refractivity contribution in [1.29, 1.82) is 0 Å². The third-order valence-electron chi connectivity index (χ3n) is 4.95. The molecule has 0 saturated heterocycles. The maximum absolute atomic E-state index is 10.7. The summed E-state index contributed by atoms with van der Waals surface area (Å²) >= 11 is 3.56. The molecule has 0 amide bonds. The highest BCUT2D eigenvalue weighted by molar-refractivity contribution is 9.10. The SMILES string of the molecule is Cc1cc(C(O)C2C3CCCCC32)c(C)cc1Br. The van der Waals surface area contributed by atoms with Gasteiger partial charge in [0.2, 0.25) is 0 Å². The van der Waals surface area contributed by atoms with Crippen molar-refractivity contribution in [3.63, 3.8) is 0 Å². The molecule has 2 aliphatic rings. The Morgan fingerprint density at radius 2 is 1.72 bits per heavy atom. The van der Waals surface area contributed by atoms with E-state index in [0.717, 1.165) is 21.9 Å². The van der Waals surface area contributed by atoms with E-state index in [1.54, 1.807) is 0 Å². The Morgan fingerprint density at radius 1 is 1.11 bits per heavy atom. The van der Waals surface area contributed by atoms with Crippen LogP contribution in [0.4, 0.5) is 0 Å². The van der Waals surface area contributed by atoms with Gasteiger partial charge in [0, 0.05) is 4.47 Å². The maximum atomic E-state index is 10.7. The van der Waals surface area contributed by atoms with E-state index in [2.05, 4.69) is 41.9 Å². The molecule has 2 fully saturated rings. The van der Waals surface area contributed by atoms with Crippen molar-refractivity contribution in [3.05, 3.63) is 33.3 Å². The first kappa shape index (κ1) is 12.7. The van der Waals surface area contributed by atoms with Gasteiger partial charge in [-0.25, -0.2) is 0 Å². The van der Waals surface area contributed by atoms with Crippen LogP contribution in [0.1, 0.15) is 48.5 Å². The largest absolute Gasteiger partial charge is 0.388 e. The molecule has 0 heterocycles. The van der Waals surface area contributed by atoms with Gasteiger partial charge in [-0.05, 0) is 67.2 Å². The summed E-state index contributed by atoms with van der Waals surface area (Å²) < 4.78 is 1.14. The molecule has 0 aromatic heterocycles. The zero-order valence-corrected chi connectivity index (χ0v) is 12.7. The molecule has 2 heteroatoms. The standard InChI is InChI=1S/C16H21BrO/c1-9-8-14(17)10(2)7-13(9)16(18)15-11-5-3-4-6-12(11)15/h7-8,11-12,15-16,18H,3-6H2,1-2H3. The molecule has 1 aromatic rings. The number of rotatable bonds is 2. The van der Waals surface area contributed by atoms with Crippen LogP contribution in [0.25, 0.3) is 0 Å². The molecule has 2 saturated carbocycles. The topological polar surface area (TPSA) is 20.2 Å². The van der Waals surface area contributed by atoms with Gasteiger partial charge < -0.3 is 5.11 Å². The Hall–Kier alpha value is -0.340. The van der Waals surface area contributed by atoms with Gasteiger partial charge in [0.25, 0.3) is 0 Å². The lowest BCUT2D eigenvalue weighted by atomic mass is 9.96. The van der Waals surface area contributed by atoms with Crippen molar-refractivity contribution in [2.75, 3.05) is 0 Å². The van der Waals surface area contributed by atoms with E-state index in [0.29, 0.717) is 5.92 Å². The highest BCUT2D eigenvalue weighted by Gasteiger charge is 2.54. The third kappa shape index (κ3) is 2.04. The van der Waals surface area contributed by atoms with Gasteiger partial charge in [-0.3, -0.25) is 0 Å². The number of aliphatic hydroxyl groups excluding tert-OH is 1. The molecule has 3 rings (SSSR count). The zero-order chi connectivity index (χ0) is 12.9. The number of fused-ring (bicyclic) bond motifs is 1. The fourth-order valence-corrected chi connectivity index (χ4v) is 4.30. The smallest absolute Gasteiger partial charge is 0.0826 e. The number of hydrogen-bond acceptors (Lipinski definition) is 1. The van der Waals surface area contributed by atoms with Crippen LogP contribution in [0.15, 0.2) is 16.6 Å². The van der Waals surface area contributed by atoms with Crippen LogP contribution >= 0.6 is 15.9 Å². The van der Waals surface area contributed by atoms with Crippen LogP contribution in [-0.2, 0) is 0 Å². The molecule has 1 N–H and O–H groups in total. The second-order valence-electron chi connectivity index (χ2n) is 6.09. The summed E-state index contributed by atoms with van der Waals surface area (Å²) in [5, 5.41) is 10.7. The minimum atomic E-state index is -0.245. The van der Waals surface area contributed by atoms with E-state index in [-0.39, 0.29) is 6.10 Å². The maximum Gasteiger partial charge on any atom is 0.0826 e. The van der Waals surface area contributed by atoms with Crippen molar-refractivity contribution < 1.29 is 5.11 Å². The Bertz CT molecular complexity index is 456. The van der Waals surface area contributed by atoms with Crippen LogP contribution in [-0.4, -0.2) is 5.11 Å². The summed E-state index contributed by atoms with van der Waals surface area (Å²) in [5.41, 5.74) is 3.58. The summed E-state index contributed by atoms with van der Waals surface area (Å²) in [6.07, 6.45) is 5.15. The molecule has 0 spiro atoms. The van der Waals surface area contributed by atoms with E-state index in [1.807, 2.05) is 0 Å². The number of benzene rings is 1. The third-order valence-corrected chi connectivity index (χ3v) is 5.81. The van der Waals surface area contributed by atoms with E-state index in [9.17, 15) is 5.11 Å². The van der Waals surface area contributed by atoms with Crippen LogP contribution < -0.4 is 0 Å². The molecule has 3 unspecified atom stereocenters. The minimum Gasteiger partial charge on any atom is -0.388 e. The molecule has 2 aliphatic carbocycles. The van der Waals surface area contributed by atoms with E-state index < -0.39 is 0 Å². The van der Waals surface area contributed by atoms with Gasteiger partial charge in [0.05, 0.1) is 6.10 Å². The van der Waals surface area contributed by atoms with Crippen molar-refractivity contribution in [1.82, 2.24) is 0 Å². The van der Waals surface area contributed by atoms with E-state index >= 15 is 0 Å². The summed E-state index contributed by atoms with van der Waals surface area (Å²) in [4.78, 5) is 0. The molecule has 18 heavy (non-hydrogen) atoms. The monoisotopic (exact) mass is 308 g/mol. The van der Waals surface area contributed by atoms with Gasteiger partial charge in [-0.15, -0.1) is 0 Å². The Balaban J connectivity index is 1.85. The minimum absolute atomic E-state index is 0.245. The average molecular weight is 309 g/mol. The zero-order valence-electron chi connectivity index (χ0n) is 11.1. The van der Waals surface area contributed by atoms with Crippen molar-refractivity contribution in [2.24, 2.45) is 17.8 Å². The van der Waals surface area contributed by atoms with Gasteiger partial charge in [0.15, 0.2) is 0 Å². The first-order chi connectivity index (χ1) is 8.59. The number of aliphatic hydroxyl groups is 1. The van der Waals surface area contributed by atoms with Crippen LogP contribution in [0.5, 0.6) is 0 Å². The van der Waals surface area contributed by atoms with E-state index in [1.165, 1.54) is 36.8 Å². The summed E-state index contributed by atoms with van der Waals surface area (Å²) in [7, 11) is 0. The molecule has 0 radical (unpaired) electrons. The molecule has 3 atom stereocenters. The van der Waals surface area contributed by atoms with Crippen molar-refractivity contribution >= 4 is 15.9 Å². The van der Waals surface area contributed by atoms with Gasteiger partial charge in [-0.1, -0.05) is 34.8 Å². The van der Waals surface area contributed by atoms with Gasteiger partial charge >= 0.3 is 0 Å². The molecule has 0 bridgehead atoms. The van der Waals surface area contributed by atoms with Crippen molar-refractivity contribution in [2.45, 2.75) is 45.6 Å². The lowest BCUT2D eigenvalue weighted by Crippen LogP contribution is -2.05. The Morgan fingerprint density at radius 3 is 2.33 bits per heavy atom. The van der Waals surface area contributed by atoms with Crippen LogP contribution in [0, 0.1) is 31.6 Å². The highest BCUT2D eigenvalue weighted by Crippen LogP contribution is 2.60. The molecule has 0 aliphatic heterocycles. The van der Waals surface area contributed by atoms with E-state index in [4.69, 9.17) is 0 Å². The first-order valence-corrected chi connectivity index (χ1v) is 7.83. The quantitative estimate of drug-likeness (QED) is 0.850. The number of halogens is 1. The molecular weight excluding hydrogens is 288 g/mol.